The molecule has 5 heteroatoms. The molecule has 0 saturated carbocycles. The zero-order valence-corrected chi connectivity index (χ0v) is 14.6. The molecule has 2 heterocycles. The lowest BCUT2D eigenvalue weighted by molar-refractivity contribution is 0.484. The summed E-state index contributed by atoms with van der Waals surface area (Å²) in [5.74, 6) is 2.67. The van der Waals surface area contributed by atoms with Crippen LogP contribution in [-0.4, -0.2) is 17.4 Å². The molecule has 0 atom stereocenters. The van der Waals surface area contributed by atoms with Gasteiger partial charge in [-0.25, -0.2) is 4.98 Å². The maximum atomic E-state index is 6.04. The predicted octanol–water partition coefficient (Wildman–Crippen LogP) is 5.60. The summed E-state index contributed by atoms with van der Waals surface area (Å²) >= 11 is 1.59. The van der Waals surface area contributed by atoms with E-state index in [0.717, 1.165) is 46.7 Å². The first kappa shape index (κ1) is 15.8. The van der Waals surface area contributed by atoms with Crippen LogP contribution in [0, 0.1) is 0 Å². The third-order valence-corrected chi connectivity index (χ3v) is 4.77. The topological polar surface area (TPSA) is 46.5 Å². The Morgan fingerprint density at radius 2 is 1.80 bits per heavy atom. The molecule has 0 amide bonds. The number of nitrogens with one attached hydrogen (secondary N) is 1. The minimum atomic E-state index is 0.806. The van der Waals surface area contributed by atoms with Gasteiger partial charge in [0, 0.05) is 23.9 Å². The number of thiazole rings is 1. The Hall–Kier alpha value is -2.66. The number of anilines is 1. The molecule has 4 nitrogen and oxygen atoms in total. The van der Waals surface area contributed by atoms with Gasteiger partial charge in [-0.15, -0.1) is 11.3 Å². The fraction of sp³-hybridized carbons (Fsp3) is 0.200. The first-order chi connectivity index (χ1) is 12.4. The number of hydrogen-bond donors (Lipinski definition) is 1. The molecule has 1 N–H and O–H groups in total. The Morgan fingerprint density at radius 3 is 2.64 bits per heavy atom. The molecule has 0 spiro atoms. The highest BCUT2D eigenvalue weighted by Crippen LogP contribution is 2.34. The zero-order chi connectivity index (χ0) is 16.9. The van der Waals surface area contributed by atoms with Crippen LogP contribution in [0.1, 0.15) is 19.3 Å². The van der Waals surface area contributed by atoms with Crippen LogP contribution in [0.5, 0.6) is 11.5 Å². The molecule has 0 bridgehead atoms. The summed E-state index contributed by atoms with van der Waals surface area (Å²) in [4.78, 5) is 9.25. The van der Waals surface area contributed by atoms with E-state index in [4.69, 9.17) is 9.72 Å². The molecular weight excluding hydrogens is 330 g/mol. The van der Waals surface area contributed by atoms with E-state index in [-0.39, 0.29) is 0 Å². The van der Waals surface area contributed by atoms with E-state index in [2.05, 4.69) is 15.7 Å². The van der Waals surface area contributed by atoms with Gasteiger partial charge in [-0.05, 0) is 37.1 Å². The molecular formula is C20H19N3OS. The number of nitrogens with zero attached hydrogens (tertiary/aromatic N) is 2. The lowest BCUT2D eigenvalue weighted by atomic mass is 10.1. The van der Waals surface area contributed by atoms with Crippen molar-refractivity contribution in [3.63, 3.8) is 0 Å². The van der Waals surface area contributed by atoms with Gasteiger partial charge in [0.1, 0.15) is 17.3 Å². The second-order valence-electron chi connectivity index (χ2n) is 5.86. The highest BCUT2D eigenvalue weighted by atomic mass is 32.1. The van der Waals surface area contributed by atoms with Crippen LogP contribution >= 0.6 is 11.3 Å². The first-order valence-electron chi connectivity index (χ1n) is 8.47. The number of aromatic nitrogens is 1. The normalized spacial score (nSPS) is 14.0. The van der Waals surface area contributed by atoms with Gasteiger partial charge in [-0.2, -0.15) is 0 Å². The van der Waals surface area contributed by atoms with E-state index >= 15 is 0 Å². The van der Waals surface area contributed by atoms with Crippen molar-refractivity contribution in [2.75, 3.05) is 11.9 Å². The average molecular weight is 349 g/mol. The van der Waals surface area contributed by atoms with Crippen molar-refractivity contribution in [1.29, 1.82) is 0 Å². The number of benzene rings is 2. The van der Waals surface area contributed by atoms with Gasteiger partial charge in [0.2, 0.25) is 0 Å². The summed E-state index contributed by atoms with van der Waals surface area (Å²) < 4.78 is 6.04. The standard InChI is InChI=1S/C20H19N3OS/c1-2-8-15(9-3-1)24-18-11-5-4-10-16(18)17-14-25-20(22-17)23-19-12-6-7-13-21-19/h1-5,8-11,14H,6-7,12-13H2,(H,21,22,23). The Bertz CT molecular complexity index is 873. The smallest absolute Gasteiger partial charge is 0.188 e. The highest BCUT2D eigenvalue weighted by molar-refractivity contribution is 7.14. The summed E-state index contributed by atoms with van der Waals surface area (Å²) in [6.07, 6.45) is 3.37. The lowest BCUT2D eigenvalue weighted by Gasteiger charge is -2.11. The first-order valence-corrected chi connectivity index (χ1v) is 9.35. The van der Waals surface area contributed by atoms with Gasteiger partial charge in [0.15, 0.2) is 5.13 Å². The van der Waals surface area contributed by atoms with E-state index in [0.29, 0.717) is 0 Å². The summed E-state index contributed by atoms with van der Waals surface area (Å²) in [6.45, 7) is 0.911. The van der Waals surface area contributed by atoms with Gasteiger partial charge in [0.25, 0.3) is 0 Å². The van der Waals surface area contributed by atoms with Crippen molar-refractivity contribution in [3.8, 4) is 22.8 Å². The molecule has 0 saturated heterocycles. The molecule has 2 aromatic carbocycles. The summed E-state index contributed by atoms with van der Waals surface area (Å²) in [6, 6.07) is 17.8. The average Bonchev–Trinajstić information content (AvgIpc) is 3.12. The predicted molar refractivity (Wildman–Crippen MR) is 104 cm³/mol. The second-order valence-corrected chi connectivity index (χ2v) is 6.72. The molecule has 1 aliphatic rings. The molecule has 1 aromatic heterocycles. The lowest BCUT2D eigenvalue weighted by Crippen LogP contribution is -2.15. The van der Waals surface area contributed by atoms with E-state index in [9.17, 15) is 0 Å². The molecule has 4 rings (SSSR count). The number of para-hydroxylation sites is 2. The zero-order valence-electron chi connectivity index (χ0n) is 13.8. The van der Waals surface area contributed by atoms with Crippen molar-refractivity contribution >= 4 is 22.3 Å². The van der Waals surface area contributed by atoms with Crippen LogP contribution in [0.2, 0.25) is 0 Å². The van der Waals surface area contributed by atoms with Gasteiger partial charge in [-0.1, -0.05) is 30.3 Å². The number of aliphatic imine (C=N–C) groups is 1. The molecule has 1 aliphatic heterocycles. The molecule has 0 radical (unpaired) electrons. The Labute approximate surface area is 151 Å². The highest BCUT2D eigenvalue weighted by Gasteiger charge is 2.12. The van der Waals surface area contributed by atoms with E-state index in [1.165, 1.54) is 12.8 Å². The van der Waals surface area contributed by atoms with Crippen molar-refractivity contribution in [3.05, 3.63) is 60.0 Å². The second kappa shape index (κ2) is 7.49. The molecule has 0 fully saturated rings. The Morgan fingerprint density at radius 1 is 0.960 bits per heavy atom. The molecule has 3 aromatic rings. The number of hydrogen-bond acceptors (Lipinski definition) is 5. The Balaban J connectivity index is 1.57. The minimum absolute atomic E-state index is 0.806. The van der Waals surface area contributed by atoms with Gasteiger partial charge in [-0.3, -0.25) is 4.99 Å². The maximum Gasteiger partial charge on any atom is 0.188 e. The number of ether oxygens (including phenoxy) is 1. The van der Waals surface area contributed by atoms with Crippen LogP contribution in [-0.2, 0) is 0 Å². The minimum Gasteiger partial charge on any atom is -0.457 e. The van der Waals surface area contributed by atoms with Gasteiger partial charge >= 0.3 is 0 Å². The van der Waals surface area contributed by atoms with Crippen molar-refractivity contribution < 1.29 is 4.74 Å². The monoisotopic (exact) mass is 349 g/mol. The quantitative estimate of drug-likeness (QED) is 0.667. The van der Waals surface area contributed by atoms with Crippen molar-refractivity contribution in [2.45, 2.75) is 19.3 Å². The van der Waals surface area contributed by atoms with E-state index in [1.54, 1.807) is 11.3 Å². The van der Waals surface area contributed by atoms with Crippen LogP contribution in [0.3, 0.4) is 0 Å². The number of rotatable bonds is 4. The fourth-order valence-electron chi connectivity index (χ4n) is 2.76. The van der Waals surface area contributed by atoms with E-state index in [1.807, 2.05) is 54.6 Å². The summed E-state index contributed by atoms with van der Waals surface area (Å²) in [7, 11) is 0. The van der Waals surface area contributed by atoms with Crippen molar-refractivity contribution in [1.82, 2.24) is 4.98 Å². The molecule has 0 unspecified atom stereocenters. The van der Waals surface area contributed by atoms with Crippen LogP contribution < -0.4 is 10.1 Å². The van der Waals surface area contributed by atoms with Crippen molar-refractivity contribution in [2.24, 2.45) is 4.99 Å². The van der Waals surface area contributed by atoms with E-state index < -0.39 is 0 Å². The maximum absolute atomic E-state index is 6.04. The Kier molecular flexibility index (Phi) is 4.74. The largest absolute Gasteiger partial charge is 0.457 e. The van der Waals surface area contributed by atoms with Gasteiger partial charge in [0.05, 0.1) is 5.69 Å². The third-order valence-electron chi connectivity index (χ3n) is 4.01. The van der Waals surface area contributed by atoms with Gasteiger partial charge < -0.3 is 10.1 Å². The molecule has 25 heavy (non-hydrogen) atoms. The number of amidine groups is 1. The van der Waals surface area contributed by atoms with Crippen LogP contribution in [0.4, 0.5) is 5.13 Å². The third kappa shape index (κ3) is 3.88. The SMILES string of the molecule is c1ccc(Oc2ccccc2-c2csc(NC3=NCCCC3)n2)cc1. The van der Waals surface area contributed by atoms with Crippen LogP contribution in [0.15, 0.2) is 65.0 Å². The molecule has 0 aliphatic carbocycles. The fourth-order valence-corrected chi connectivity index (χ4v) is 3.49. The summed E-state index contributed by atoms with van der Waals surface area (Å²) in [5, 5.41) is 6.29. The molecule has 126 valence electrons. The summed E-state index contributed by atoms with van der Waals surface area (Å²) in [5.41, 5.74) is 1.90. The van der Waals surface area contributed by atoms with Crippen LogP contribution in [0.25, 0.3) is 11.3 Å².